The zero-order valence-electron chi connectivity index (χ0n) is 22.3. The first-order valence-electron chi connectivity index (χ1n) is 12.7. The molecule has 0 radical (unpaired) electrons. The number of halogens is 1. The summed E-state index contributed by atoms with van der Waals surface area (Å²) in [4.78, 5) is 50.8. The number of anilines is 2. The molecule has 0 bridgehead atoms. The quantitative estimate of drug-likeness (QED) is 0.113. The molecule has 3 amide bonds. The monoisotopic (exact) mass is 643 g/mol. The molecule has 212 valence electrons. The number of hydrogen-bond acceptors (Lipinski definition) is 5. The molecule has 0 aliphatic heterocycles. The summed E-state index contributed by atoms with van der Waals surface area (Å²) < 4.78 is 0.825. The highest BCUT2D eigenvalue weighted by Gasteiger charge is 2.18. The Morgan fingerprint density at radius 2 is 1.50 bits per heavy atom. The van der Waals surface area contributed by atoms with Crippen molar-refractivity contribution in [1.82, 2.24) is 5.32 Å². The van der Waals surface area contributed by atoms with E-state index in [-0.39, 0.29) is 17.2 Å². The van der Waals surface area contributed by atoms with Crippen molar-refractivity contribution in [2.24, 2.45) is 0 Å². The lowest BCUT2D eigenvalue weighted by atomic mass is 10.1. The number of rotatable bonds is 10. The minimum absolute atomic E-state index is 0.0571. The number of hydrogen-bond donors (Lipinski definition) is 4. The first kappa shape index (κ1) is 30.3. The molecule has 4 aromatic rings. The molecule has 8 nitrogen and oxygen atoms in total. The Kier molecular flexibility index (Phi) is 10.3. The van der Waals surface area contributed by atoms with E-state index in [1.807, 2.05) is 30.3 Å². The van der Waals surface area contributed by atoms with E-state index in [2.05, 4.69) is 31.9 Å². The van der Waals surface area contributed by atoms with Gasteiger partial charge in [0.25, 0.3) is 11.8 Å². The minimum Gasteiger partial charge on any atom is -0.478 e. The molecule has 10 heteroatoms. The van der Waals surface area contributed by atoms with Crippen LogP contribution in [0.4, 0.5) is 11.4 Å². The molecule has 0 aliphatic rings. The Bertz CT molecular complexity index is 1640. The van der Waals surface area contributed by atoms with Crippen molar-refractivity contribution >= 4 is 68.8 Å². The Balaban J connectivity index is 1.46. The third-order valence-corrected chi connectivity index (χ3v) is 7.45. The number of amides is 3. The number of carbonyl (C=O) groups is 4. The highest BCUT2D eigenvalue weighted by atomic mass is 79.9. The molecular formula is C32H26BrN3O5S. The average Bonchev–Trinajstić information content (AvgIpc) is 2.97. The van der Waals surface area contributed by atoms with Gasteiger partial charge in [0, 0.05) is 26.3 Å². The number of benzene rings is 4. The topological polar surface area (TPSA) is 125 Å². The van der Waals surface area contributed by atoms with Crippen LogP contribution in [0, 0.1) is 0 Å². The maximum atomic E-state index is 13.4. The van der Waals surface area contributed by atoms with E-state index < -0.39 is 23.0 Å². The van der Waals surface area contributed by atoms with Gasteiger partial charge in [0.1, 0.15) is 5.70 Å². The highest BCUT2D eigenvalue weighted by molar-refractivity contribution is 9.10. The van der Waals surface area contributed by atoms with Crippen LogP contribution in [0.3, 0.4) is 0 Å². The van der Waals surface area contributed by atoms with E-state index in [0.717, 1.165) is 9.37 Å². The molecule has 0 saturated heterocycles. The largest absolute Gasteiger partial charge is 0.478 e. The molecule has 1 atom stereocenters. The number of carbonyl (C=O) groups excluding carboxylic acids is 3. The van der Waals surface area contributed by atoms with Crippen LogP contribution in [0.2, 0.25) is 0 Å². The number of carboxylic acid groups (broad SMARTS) is 1. The molecule has 0 fully saturated rings. The Morgan fingerprint density at radius 1 is 0.786 bits per heavy atom. The van der Waals surface area contributed by atoms with E-state index in [0.29, 0.717) is 22.5 Å². The second-order valence-electron chi connectivity index (χ2n) is 9.05. The molecule has 4 aromatic carbocycles. The average molecular weight is 645 g/mol. The number of thioether (sulfide) groups is 1. The molecule has 1 unspecified atom stereocenters. The van der Waals surface area contributed by atoms with Crippen LogP contribution in [0.5, 0.6) is 0 Å². The van der Waals surface area contributed by atoms with Gasteiger partial charge in [-0.25, -0.2) is 4.79 Å². The summed E-state index contributed by atoms with van der Waals surface area (Å²) in [5, 5.41) is 16.9. The molecule has 0 aliphatic carbocycles. The van der Waals surface area contributed by atoms with Gasteiger partial charge in [0.15, 0.2) is 0 Å². The molecule has 42 heavy (non-hydrogen) atoms. The first-order valence-corrected chi connectivity index (χ1v) is 14.4. The fourth-order valence-corrected chi connectivity index (χ4v) is 5.09. The molecule has 0 saturated carbocycles. The lowest BCUT2D eigenvalue weighted by molar-refractivity contribution is -0.115. The second-order valence-corrected chi connectivity index (χ2v) is 11.4. The van der Waals surface area contributed by atoms with Gasteiger partial charge in [-0.15, -0.1) is 11.8 Å². The maximum Gasteiger partial charge on any atom is 0.335 e. The van der Waals surface area contributed by atoms with Crippen molar-refractivity contribution in [2.75, 3.05) is 10.6 Å². The SMILES string of the molecule is CC(Sc1cccc(NC(=O)/C(=C\c2cccc(Br)c2)NC(=O)c2ccccc2)c1)C(=O)Nc1ccc(C(=O)O)cc1. The van der Waals surface area contributed by atoms with Crippen LogP contribution in [-0.4, -0.2) is 34.0 Å². The van der Waals surface area contributed by atoms with Crippen LogP contribution in [-0.2, 0) is 9.59 Å². The minimum atomic E-state index is -1.04. The van der Waals surface area contributed by atoms with Gasteiger partial charge in [0.05, 0.1) is 10.8 Å². The predicted octanol–water partition coefficient (Wildman–Crippen LogP) is 6.68. The van der Waals surface area contributed by atoms with Crippen molar-refractivity contribution in [2.45, 2.75) is 17.1 Å². The normalized spacial score (nSPS) is 11.7. The lowest BCUT2D eigenvalue weighted by Gasteiger charge is -2.14. The van der Waals surface area contributed by atoms with Gasteiger partial charge in [0.2, 0.25) is 5.91 Å². The van der Waals surface area contributed by atoms with Gasteiger partial charge in [-0.1, -0.05) is 52.3 Å². The van der Waals surface area contributed by atoms with Gasteiger partial charge >= 0.3 is 5.97 Å². The summed E-state index contributed by atoms with van der Waals surface area (Å²) in [7, 11) is 0. The molecular weight excluding hydrogens is 618 g/mol. The van der Waals surface area contributed by atoms with E-state index in [9.17, 15) is 19.2 Å². The molecule has 0 aromatic heterocycles. The summed E-state index contributed by atoms with van der Waals surface area (Å²) in [5.41, 5.74) is 2.28. The zero-order valence-corrected chi connectivity index (χ0v) is 24.7. The second kappa shape index (κ2) is 14.3. The highest BCUT2D eigenvalue weighted by Crippen LogP contribution is 2.27. The summed E-state index contributed by atoms with van der Waals surface area (Å²) >= 11 is 4.72. The predicted molar refractivity (Wildman–Crippen MR) is 168 cm³/mol. The van der Waals surface area contributed by atoms with E-state index in [4.69, 9.17) is 5.11 Å². The fourth-order valence-electron chi connectivity index (χ4n) is 3.75. The third-order valence-electron chi connectivity index (χ3n) is 5.86. The third kappa shape index (κ3) is 8.66. The number of nitrogens with one attached hydrogen (secondary N) is 3. The van der Waals surface area contributed by atoms with Crippen LogP contribution in [0.1, 0.15) is 33.2 Å². The fraction of sp³-hybridized carbons (Fsp3) is 0.0625. The van der Waals surface area contributed by atoms with Crippen LogP contribution in [0.25, 0.3) is 6.08 Å². The Hall–Kier alpha value is -4.67. The molecule has 0 spiro atoms. The zero-order chi connectivity index (χ0) is 30.1. The summed E-state index contributed by atoms with van der Waals surface area (Å²) in [6.07, 6.45) is 1.59. The van der Waals surface area contributed by atoms with Crippen LogP contribution >= 0.6 is 27.7 Å². The van der Waals surface area contributed by atoms with Gasteiger partial charge in [-0.2, -0.15) is 0 Å². The van der Waals surface area contributed by atoms with Crippen LogP contribution < -0.4 is 16.0 Å². The van der Waals surface area contributed by atoms with Crippen molar-refractivity contribution in [3.05, 3.63) is 130 Å². The summed E-state index contributed by atoms with van der Waals surface area (Å²) in [6.45, 7) is 1.74. The van der Waals surface area contributed by atoms with Crippen molar-refractivity contribution in [3.8, 4) is 0 Å². The Labute approximate surface area is 255 Å². The standard InChI is InChI=1S/C32H26BrN3O5S/c1-20(29(37)34-25-15-13-23(14-16-25)32(40)41)42-27-12-6-11-26(19-27)35-31(39)28(18-21-7-5-10-24(33)17-21)36-30(38)22-8-3-2-4-9-22/h2-20H,1H3,(H,34,37)(H,35,39)(H,36,38)(H,40,41)/b28-18+. The van der Waals surface area contributed by atoms with E-state index >= 15 is 0 Å². The van der Waals surface area contributed by atoms with E-state index in [1.165, 1.54) is 36.0 Å². The first-order chi connectivity index (χ1) is 20.2. The maximum absolute atomic E-state index is 13.4. The molecule has 0 heterocycles. The Morgan fingerprint density at radius 3 is 2.19 bits per heavy atom. The lowest BCUT2D eigenvalue weighted by Crippen LogP contribution is -2.30. The van der Waals surface area contributed by atoms with Gasteiger partial charge in [-0.05, 0) is 85.3 Å². The smallest absolute Gasteiger partial charge is 0.335 e. The van der Waals surface area contributed by atoms with Gasteiger partial charge in [-0.3, -0.25) is 14.4 Å². The van der Waals surface area contributed by atoms with Crippen molar-refractivity contribution < 1.29 is 24.3 Å². The summed E-state index contributed by atoms with van der Waals surface area (Å²) in [5.74, 6) is -2.25. The van der Waals surface area contributed by atoms with Crippen LogP contribution in [0.15, 0.2) is 118 Å². The molecule has 4 N–H and O–H groups in total. The number of carboxylic acids is 1. The summed E-state index contributed by atoms with van der Waals surface area (Å²) in [6, 6.07) is 28.9. The number of aromatic carboxylic acids is 1. The van der Waals surface area contributed by atoms with E-state index in [1.54, 1.807) is 61.5 Å². The van der Waals surface area contributed by atoms with Crippen molar-refractivity contribution in [1.29, 1.82) is 0 Å². The molecule has 4 rings (SSSR count). The van der Waals surface area contributed by atoms with Gasteiger partial charge < -0.3 is 21.1 Å². The van der Waals surface area contributed by atoms with Crippen molar-refractivity contribution in [3.63, 3.8) is 0 Å².